The second kappa shape index (κ2) is 9.07. The molecule has 1 heterocycles. The largest absolute Gasteiger partial charge is 0.478 e. The molecule has 138 valence electrons. The molecule has 2 rings (SSSR count). The number of amides is 1. The number of pyridine rings is 1. The fourth-order valence-electron chi connectivity index (χ4n) is 2.57. The molecule has 26 heavy (non-hydrogen) atoms. The molecule has 1 aromatic heterocycles. The number of nitrogens with zero attached hydrogens (tertiary/aromatic N) is 1. The monoisotopic (exact) mass is 357 g/mol. The normalized spacial score (nSPS) is 13.0. The van der Waals surface area contributed by atoms with Gasteiger partial charge in [-0.1, -0.05) is 24.3 Å². The molecule has 1 aromatic carbocycles. The van der Waals surface area contributed by atoms with Crippen LogP contribution in [0.1, 0.15) is 47.1 Å². The number of carbonyl (C=O) groups is 2. The molecule has 0 radical (unpaired) electrons. The Kier molecular flexibility index (Phi) is 6.82. The second-order valence-electron chi connectivity index (χ2n) is 6.03. The summed E-state index contributed by atoms with van der Waals surface area (Å²) in [4.78, 5) is 27.5. The summed E-state index contributed by atoms with van der Waals surface area (Å²) in [6.45, 7) is 3.79. The third-order valence-corrected chi connectivity index (χ3v) is 4.11. The van der Waals surface area contributed by atoms with Crippen molar-refractivity contribution < 1.29 is 19.8 Å². The van der Waals surface area contributed by atoms with E-state index < -0.39 is 12.0 Å². The van der Waals surface area contributed by atoms with Crippen molar-refractivity contribution in [1.29, 1.82) is 0 Å². The highest BCUT2D eigenvalue weighted by Crippen LogP contribution is 2.12. The van der Waals surface area contributed by atoms with Crippen molar-refractivity contribution in [3.05, 3.63) is 65.0 Å². The number of aromatic carboxylic acids is 1. The first-order chi connectivity index (χ1) is 12.4. The van der Waals surface area contributed by atoms with Gasteiger partial charge in [-0.25, -0.2) is 4.79 Å². The van der Waals surface area contributed by atoms with Crippen LogP contribution in [0.3, 0.4) is 0 Å². The third kappa shape index (κ3) is 5.11. The van der Waals surface area contributed by atoms with Crippen LogP contribution in [-0.4, -0.2) is 33.1 Å². The lowest BCUT2D eigenvalue weighted by atomic mass is 10.1. The number of aliphatic hydroxyl groups is 1. The predicted octanol–water partition coefficient (Wildman–Crippen LogP) is 1.63. The van der Waals surface area contributed by atoms with Crippen LogP contribution in [-0.2, 0) is 17.9 Å². The summed E-state index contributed by atoms with van der Waals surface area (Å²) < 4.78 is 0. The molecule has 0 aliphatic rings. The zero-order valence-electron chi connectivity index (χ0n) is 14.8. The first kappa shape index (κ1) is 19.6. The minimum Gasteiger partial charge on any atom is -0.478 e. The Hall–Kier alpha value is -2.77. The molecule has 4 N–H and O–H groups in total. The molecule has 0 saturated carbocycles. The van der Waals surface area contributed by atoms with Crippen molar-refractivity contribution in [2.45, 2.75) is 39.1 Å². The Morgan fingerprint density at radius 3 is 2.50 bits per heavy atom. The number of nitrogens with one attached hydrogen (secondary N) is 2. The fraction of sp³-hybridized carbons (Fsp3) is 0.316. The van der Waals surface area contributed by atoms with Gasteiger partial charge in [-0.3, -0.25) is 15.1 Å². The van der Waals surface area contributed by atoms with Crippen molar-refractivity contribution in [2.24, 2.45) is 0 Å². The quantitative estimate of drug-likeness (QED) is 0.571. The topological polar surface area (TPSA) is 112 Å². The Labute approximate surface area is 152 Å². The molecular formula is C19H23N3O4. The molecule has 2 aromatic rings. The predicted molar refractivity (Wildman–Crippen MR) is 96.4 cm³/mol. The smallest absolute Gasteiger partial charge is 0.335 e. The fourth-order valence-corrected chi connectivity index (χ4v) is 2.57. The van der Waals surface area contributed by atoms with E-state index in [2.05, 4.69) is 15.6 Å². The Bertz CT molecular complexity index is 779. The second-order valence-corrected chi connectivity index (χ2v) is 6.03. The maximum Gasteiger partial charge on any atom is 0.335 e. The van der Waals surface area contributed by atoms with Crippen LogP contribution in [0.25, 0.3) is 0 Å². The maximum absolute atomic E-state index is 12.3. The van der Waals surface area contributed by atoms with E-state index in [9.17, 15) is 14.7 Å². The SMILES string of the molecule is CC(N[C@@H](C)C(=O)NCc1ccccc1CO)c1cc(C(=O)O)ccn1. The lowest BCUT2D eigenvalue weighted by molar-refractivity contribution is -0.123. The average molecular weight is 357 g/mol. The van der Waals surface area contributed by atoms with E-state index in [4.69, 9.17) is 5.11 Å². The molecule has 2 atom stereocenters. The van der Waals surface area contributed by atoms with Gasteiger partial charge in [0.15, 0.2) is 0 Å². The summed E-state index contributed by atoms with van der Waals surface area (Å²) in [5, 5.41) is 24.3. The number of carboxylic acid groups (broad SMARTS) is 1. The first-order valence-corrected chi connectivity index (χ1v) is 8.33. The number of hydrogen-bond acceptors (Lipinski definition) is 5. The van der Waals surface area contributed by atoms with Gasteiger partial charge in [0.1, 0.15) is 0 Å². The van der Waals surface area contributed by atoms with Crippen molar-refractivity contribution in [3.63, 3.8) is 0 Å². The van der Waals surface area contributed by atoms with Gasteiger partial charge >= 0.3 is 5.97 Å². The molecule has 0 fully saturated rings. The van der Waals surface area contributed by atoms with Crippen molar-refractivity contribution in [2.75, 3.05) is 0 Å². The molecule has 7 nitrogen and oxygen atoms in total. The summed E-state index contributed by atoms with van der Waals surface area (Å²) in [6, 6.07) is 9.48. The van der Waals surface area contributed by atoms with Crippen LogP contribution in [0.15, 0.2) is 42.6 Å². The van der Waals surface area contributed by atoms with E-state index in [-0.39, 0.29) is 24.1 Å². The zero-order valence-corrected chi connectivity index (χ0v) is 14.8. The van der Waals surface area contributed by atoms with Crippen molar-refractivity contribution in [1.82, 2.24) is 15.6 Å². The summed E-state index contributed by atoms with van der Waals surface area (Å²) in [5.74, 6) is -1.21. The van der Waals surface area contributed by atoms with E-state index >= 15 is 0 Å². The lowest BCUT2D eigenvalue weighted by Gasteiger charge is -2.20. The van der Waals surface area contributed by atoms with Gasteiger partial charge in [-0.15, -0.1) is 0 Å². The van der Waals surface area contributed by atoms with E-state index in [1.807, 2.05) is 31.2 Å². The minimum absolute atomic E-state index is 0.0809. The van der Waals surface area contributed by atoms with E-state index in [1.54, 1.807) is 6.92 Å². The van der Waals surface area contributed by atoms with E-state index in [0.29, 0.717) is 12.2 Å². The summed E-state index contributed by atoms with van der Waals surface area (Å²) in [7, 11) is 0. The molecular weight excluding hydrogens is 334 g/mol. The Balaban J connectivity index is 1.94. The van der Waals surface area contributed by atoms with Crippen LogP contribution in [0.5, 0.6) is 0 Å². The number of carbonyl (C=O) groups excluding carboxylic acids is 1. The highest BCUT2D eigenvalue weighted by molar-refractivity contribution is 5.87. The minimum atomic E-state index is -1.02. The molecule has 1 amide bonds. The zero-order chi connectivity index (χ0) is 19.1. The molecule has 1 unspecified atom stereocenters. The maximum atomic E-state index is 12.3. The summed E-state index contributed by atoms with van der Waals surface area (Å²) >= 11 is 0. The number of rotatable bonds is 8. The molecule has 0 bridgehead atoms. The molecule has 0 saturated heterocycles. The van der Waals surface area contributed by atoms with Crippen molar-refractivity contribution >= 4 is 11.9 Å². The standard InChI is InChI=1S/C19H23N3O4/c1-12(17-9-14(19(25)26)7-8-20-17)22-13(2)18(24)21-10-15-5-3-4-6-16(15)11-23/h3-9,12-13,22-23H,10-11H2,1-2H3,(H,21,24)(H,25,26)/t12?,13-/m0/s1. The number of carboxylic acids is 1. The van der Waals surface area contributed by atoms with Gasteiger partial charge in [0.05, 0.1) is 23.9 Å². The van der Waals surface area contributed by atoms with Gasteiger partial charge < -0.3 is 15.5 Å². The lowest BCUT2D eigenvalue weighted by Crippen LogP contribution is -2.43. The van der Waals surface area contributed by atoms with Crippen LogP contribution in [0, 0.1) is 0 Å². The molecule has 0 spiro atoms. The van der Waals surface area contributed by atoms with Gasteiger partial charge in [0.2, 0.25) is 5.91 Å². The Morgan fingerprint density at radius 2 is 1.85 bits per heavy atom. The van der Waals surface area contributed by atoms with E-state index in [1.165, 1.54) is 18.3 Å². The van der Waals surface area contributed by atoms with Gasteiger partial charge in [0, 0.05) is 18.8 Å². The molecule has 0 aliphatic carbocycles. The van der Waals surface area contributed by atoms with Crippen LogP contribution in [0.4, 0.5) is 0 Å². The molecule has 7 heteroatoms. The Morgan fingerprint density at radius 1 is 1.15 bits per heavy atom. The summed E-state index contributed by atoms with van der Waals surface area (Å²) in [5.41, 5.74) is 2.34. The third-order valence-electron chi connectivity index (χ3n) is 4.11. The average Bonchev–Trinajstić information content (AvgIpc) is 2.66. The number of hydrogen-bond donors (Lipinski definition) is 4. The van der Waals surface area contributed by atoms with Gasteiger partial charge in [0.25, 0.3) is 0 Å². The highest BCUT2D eigenvalue weighted by atomic mass is 16.4. The van der Waals surface area contributed by atoms with Crippen LogP contribution < -0.4 is 10.6 Å². The van der Waals surface area contributed by atoms with Gasteiger partial charge in [-0.2, -0.15) is 0 Å². The number of aromatic nitrogens is 1. The molecule has 0 aliphatic heterocycles. The summed E-state index contributed by atoms with van der Waals surface area (Å²) in [6.07, 6.45) is 1.44. The first-order valence-electron chi connectivity index (χ1n) is 8.33. The van der Waals surface area contributed by atoms with E-state index in [0.717, 1.165) is 11.1 Å². The number of aliphatic hydroxyl groups excluding tert-OH is 1. The van der Waals surface area contributed by atoms with Crippen LogP contribution in [0.2, 0.25) is 0 Å². The van der Waals surface area contributed by atoms with Crippen LogP contribution >= 0.6 is 0 Å². The number of benzene rings is 1. The van der Waals surface area contributed by atoms with Crippen molar-refractivity contribution in [3.8, 4) is 0 Å². The highest BCUT2D eigenvalue weighted by Gasteiger charge is 2.18. The van der Waals surface area contributed by atoms with Gasteiger partial charge in [-0.05, 0) is 37.1 Å².